The molecule has 90 valence electrons. The first kappa shape index (κ1) is 12.7. The number of esters is 1. The zero-order chi connectivity index (χ0) is 12.0. The van der Waals surface area contributed by atoms with E-state index in [1.165, 1.54) is 6.92 Å². The number of rotatable bonds is 5. The van der Waals surface area contributed by atoms with Gasteiger partial charge in [-0.15, -0.1) is 0 Å². The summed E-state index contributed by atoms with van der Waals surface area (Å²) in [4.78, 5) is 20.8. The third-order valence-corrected chi connectivity index (χ3v) is 2.60. The molecule has 0 aliphatic heterocycles. The Balaban J connectivity index is 2.47. The number of carbonyl (C=O) groups excluding carboxylic acids is 1. The number of allylic oxidation sites excluding steroid dienone is 2. The van der Waals surface area contributed by atoms with Crippen LogP contribution < -0.4 is 0 Å². The Morgan fingerprint density at radius 1 is 1.69 bits per heavy atom. The van der Waals surface area contributed by atoms with E-state index in [4.69, 9.17) is 4.74 Å². The van der Waals surface area contributed by atoms with E-state index >= 15 is 0 Å². The van der Waals surface area contributed by atoms with Gasteiger partial charge in [0.15, 0.2) is 6.10 Å². The summed E-state index contributed by atoms with van der Waals surface area (Å²) in [5, 5.41) is 10.4. The molecule has 2 unspecified atom stereocenters. The molecule has 0 heterocycles. The molecule has 16 heavy (non-hydrogen) atoms. The second kappa shape index (κ2) is 6.25. The summed E-state index contributed by atoms with van der Waals surface area (Å²) in [6.45, 7) is 0.980. The van der Waals surface area contributed by atoms with Crippen LogP contribution in [0, 0.1) is 16.0 Å². The minimum atomic E-state index is -0.597. The molecule has 0 fully saturated rings. The van der Waals surface area contributed by atoms with Gasteiger partial charge >= 0.3 is 5.97 Å². The first-order valence-corrected chi connectivity index (χ1v) is 5.53. The summed E-state index contributed by atoms with van der Waals surface area (Å²) in [7, 11) is 0. The largest absolute Gasteiger partial charge is 0.456 e. The van der Waals surface area contributed by atoms with E-state index in [1.54, 1.807) is 0 Å². The Labute approximate surface area is 94.6 Å². The van der Waals surface area contributed by atoms with Crippen molar-refractivity contribution in [2.24, 2.45) is 5.92 Å². The van der Waals surface area contributed by atoms with Gasteiger partial charge < -0.3 is 4.74 Å². The van der Waals surface area contributed by atoms with Gasteiger partial charge in [-0.2, -0.15) is 0 Å². The first-order chi connectivity index (χ1) is 7.58. The van der Waals surface area contributed by atoms with E-state index in [0.29, 0.717) is 12.3 Å². The number of carbonyl (C=O) groups is 1. The Morgan fingerprint density at radius 2 is 2.44 bits per heavy atom. The Bertz CT molecular complexity index is 272. The lowest BCUT2D eigenvalue weighted by Crippen LogP contribution is -2.27. The summed E-state index contributed by atoms with van der Waals surface area (Å²) >= 11 is 0. The zero-order valence-corrected chi connectivity index (χ0v) is 9.43. The van der Waals surface area contributed by atoms with Crippen LogP contribution in [0.1, 0.15) is 32.6 Å². The normalized spacial score (nSPS) is 21.4. The second-order valence-corrected chi connectivity index (χ2v) is 4.10. The number of ether oxygens (including phenoxy) is 1. The van der Waals surface area contributed by atoms with Crippen LogP contribution in [0.5, 0.6) is 0 Å². The molecule has 2 atom stereocenters. The highest BCUT2D eigenvalue weighted by molar-refractivity contribution is 5.66. The Hall–Kier alpha value is -1.39. The minimum absolute atomic E-state index is 0.302. The van der Waals surface area contributed by atoms with Crippen molar-refractivity contribution in [1.29, 1.82) is 0 Å². The van der Waals surface area contributed by atoms with Gasteiger partial charge in [0, 0.05) is 11.8 Å². The lowest BCUT2D eigenvalue weighted by atomic mass is 9.91. The molecule has 1 rings (SSSR count). The first-order valence-electron chi connectivity index (χ1n) is 5.53. The third-order valence-electron chi connectivity index (χ3n) is 2.60. The summed E-state index contributed by atoms with van der Waals surface area (Å²) in [6.07, 6.45) is 7.31. The monoisotopic (exact) mass is 227 g/mol. The van der Waals surface area contributed by atoms with E-state index in [1.807, 2.05) is 0 Å². The Morgan fingerprint density at radius 3 is 2.94 bits per heavy atom. The number of nitrogens with zero attached hydrogens (tertiary/aromatic N) is 1. The van der Waals surface area contributed by atoms with Crippen LogP contribution in [0.25, 0.3) is 0 Å². The average molecular weight is 227 g/mol. The summed E-state index contributed by atoms with van der Waals surface area (Å²) < 4.78 is 4.95. The molecule has 0 aromatic heterocycles. The van der Waals surface area contributed by atoms with Crippen LogP contribution in [0.3, 0.4) is 0 Å². The lowest BCUT2D eigenvalue weighted by molar-refractivity contribution is -0.490. The van der Waals surface area contributed by atoms with Crippen molar-refractivity contribution < 1.29 is 14.5 Å². The van der Waals surface area contributed by atoms with E-state index in [0.717, 1.165) is 19.3 Å². The van der Waals surface area contributed by atoms with Crippen molar-refractivity contribution in [1.82, 2.24) is 0 Å². The molecular weight excluding hydrogens is 210 g/mol. The molecule has 0 amide bonds. The summed E-state index contributed by atoms with van der Waals surface area (Å²) in [5.41, 5.74) is 0. The third kappa shape index (κ3) is 4.91. The predicted molar refractivity (Wildman–Crippen MR) is 58.5 cm³/mol. The second-order valence-electron chi connectivity index (χ2n) is 4.10. The molecule has 0 aromatic carbocycles. The van der Waals surface area contributed by atoms with Crippen LogP contribution in [0.15, 0.2) is 12.2 Å². The van der Waals surface area contributed by atoms with Crippen LogP contribution in [-0.4, -0.2) is 23.5 Å². The molecule has 5 nitrogen and oxygen atoms in total. The molecule has 0 bridgehead atoms. The maximum atomic E-state index is 10.8. The van der Waals surface area contributed by atoms with Gasteiger partial charge in [-0.3, -0.25) is 14.9 Å². The molecule has 5 heteroatoms. The Kier molecular flexibility index (Phi) is 4.95. The van der Waals surface area contributed by atoms with Crippen LogP contribution in [0.2, 0.25) is 0 Å². The van der Waals surface area contributed by atoms with Gasteiger partial charge in [-0.05, 0) is 31.6 Å². The standard InChI is InChI=1S/C11H17NO4/c1-9(13)16-11(8-12(14)15)7-10-5-3-2-4-6-10/h3,5,10-11H,2,4,6-8H2,1H3. The topological polar surface area (TPSA) is 69.4 Å². The van der Waals surface area contributed by atoms with E-state index < -0.39 is 17.0 Å². The zero-order valence-electron chi connectivity index (χ0n) is 9.43. The molecule has 0 N–H and O–H groups in total. The molecule has 0 saturated carbocycles. The van der Waals surface area contributed by atoms with Gasteiger partial charge in [-0.1, -0.05) is 12.2 Å². The summed E-state index contributed by atoms with van der Waals surface area (Å²) in [5.74, 6) is -0.148. The highest BCUT2D eigenvalue weighted by Crippen LogP contribution is 2.22. The van der Waals surface area contributed by atoms with Gasteiger partial charge in [0.05, 0.1) is 0 Å². The highest BCUT2D eigenvalue weighted by atomic mass is 16.6. The van der Waals surface area contributed by atoms with E-state index in [-0.39, 0.29) is 6.54 Å². The maximum Gasteiger partial charge on any atom is 0.303 e. The fourth-order valence-electron chi connectivity index (χ4n) is 1.98. The van der Waals surface area contributed by atoms with Crippen LogP contribution >= 0.6 is 0 Å². The van der Waals surface area contributed by atoms with Crippen LogP contribution in [-0.2, 0) is 9.53 Å². The van der Waals surface area contributed by atoms with Crippen LogP contribution in [0.4, 0.5) is 0 Å². The number of hydrogen-bond acceptors (Lipinski definition) is 4. The van der Waals surface area contributed by atoms with Gasteiger partial charge in [-0.25, -0.2) is 0 Å². The number of hydrogen-bond donors (Lipinski definition) is 0. The quantitative estimate of drug-likeness (QED) is 0.311. The van der Waals surface area contributed by atoms with Crippen molar-refractivity contribution in [2.45, 2.75) is 38.7 Å². The molecule has 0 aromatic rings. The van der Waals surface area contributed by atoms with Crippen molar-refractivity contribution in [3.8, 4) is 0 Å². The van der Waals surface area contributed by atoms with Gasteiger partial charge in [0.2, 0.25) is 6.54 Å². The lowest BCUT2D eigenvalue weighted by Gasteiger charge is -2.20. The molecular formula is C11H17NO4. The highest BCUT2D eigenvalue weighted by Gasteiger charge is 2.22. The van der Waals surface area contributed by atoms with E-state index in [9.17, 15) is 14.9 Å². The van der Waals surface area contributed by atoms with Gasteiger partial charge in [0.1, 0.15) is 0 Å². The molecule has 0 saturated heterocycles. The maximum absolute atomic E-state index is 10.8. The molecule has 1 aliphatic rings. The molecule has 0 spiro atoms. The van der Waals surface area contributed by atoms with Crippen molar-refractivity contribution in [3.05, 3.63) is 22.3 Å². The fraction of sp³-hybridized carbons (Fsp3) is 0.727. The predicted octanol–water partition coefficient (Wildman–Crippen LogP) is 1.94. The summed E-state index contributed by atoms with van der Waals surface area (Å²) in [6, 6.07) is 0. The van der Waals surface area contributed by atoms with E-state index in [2.05, 4.69) is 12.2 Å². The van der Waals surface area contributed by atoms with Crippen molar-refractivity contribution in [2.75, 3.05) is 6.54 Å². The smallest absolute Gasteiger partial charge is 0.303 e. The minimum Gasteiger partial charge on any atom is -0.456 e. The average Bonchev–Trinajstić information content (AvgIpc) is 2.16. The van der Waals surface area contributed by atoms with Crippen molar-refractivity contribution in [3.63, 3.8) is 0 Å². The number of nitro groups is 1. The van der Waals surface area contributed by atoms with Crippen molar-refractivity contribution >= 4 is 5.97 Å². The fourth-order valence-corrected chi connectivity index (χ4v) is 1.98. The molecule has 0 radical (unpaired) electrons. The SMILES string of the molecule is CC(=O)OC(CC1C=CCCC1)C[N+](=O)[O-]. The van der Waals surface area contributed by atoms with Gasteiger partial charge in [0.25, 0.3) is 0 Å². The molecule has 1 aliphatic carbocycles.